The van der Waals surface area contributed by atoms with Crippen molar-refractivity contribution >= 4 is 12.4 Å². The van der Waals surface area contributed by atoms with Gasteiger partial charge in [0.2, 0.25) is 0 Å². The fourth-order valence-electron chi connectivity index (χ4n) is 1.80. The van der Waals surface area contributed by atoms with Gasteiger partial charge in [0.25, 0.3) is 0 Å². The summed E-state index contributed by atoms with van der Waals surface area (Å²) in [6.07, 6.45) is 0.293. The van der Waals surface area contributed by atoms with Crippen LogP contribution in [0, 0.1) is 12.8 Å². The molecule has 0 radical (unpaired) electrons. The normalized spacial score (nSPS) is 14.4. The Bertz CT molecular complexity index is 315. The first-order chi connectivity index (χ1) is 7.02. The van der Waals surface area contributed by atoms with Crippen LogP contribution in [0.2, 0.25) is 0 Å². The van der Waals surface area contributed by atoms with E-state index in [4.69, 9.17) is 5.73 Å². The molecule has 0 saturated heterocycles. The van der Waals surface area contributed by atoms with Crippen LogP contribution in [-0.4, -0.2) is 11.2 Å². The van der Waals surface area contributed by atoms with Crippen molar-refractivity contribution in [1.82, 2.24) is 0 Å². The third-order valence-electron chi connectivity index (χ3n) is 2.68. The van der Waals surface area contributed by atoms with Gasteiger partial charge in [-0.2, -0.15) is 0 Å². The Labute approximate surface area is 104 Å². The maximum atomic E-state index is 9.94. The molecule has 0 aliphatic heterocycles. The highest BCUT2D eigenvalue weighted by Gasteiger charge is 2.18. The van der Waals surface area contributed by atoms with Crippen LogP contribution in [0.5, 0.6) is 0 Å². The number of aryl methyl sites for hydroxylation is 1. The standard InChI is InChI=1S/C13H21NO.ClH/c1-9(2)8-12(15)13(14)11-7-5-4-6-10(11)3;/h4-7,9,12-13,15H,8,14H2,1-3H3;1H/t12-,13+;/m1./s1. The van der Waals surface area contributed by atoms with Crippen LogP contribution < -0.4 is 5.73 Å². The molecule has 0 aliphatic carbocycles. The van der Waals surface area contributed by atoms with E-state index in [9.17, 15) is 5.11 Å². The number of aliphatic hydroxyl groups excluding tert-OH is 1. The van der Waals surface area contributed by atoms with Gasteiger partial charge in [0, 0.05) is 0 Å². The van der Waals surface area contributed by atoms with Gasteiger partial charge in [-0.05, 0) is 30.4 Å². The van der Waals surface area contributed by atoms with Crippen molar-refractivity contribution < 1.29 is 5.11 Å². The molecule has 0 heterocycles. The van der Waals surface area contributed by atoms with Gasteiger partial charge < -0.3 is 10.8 Å². The molecule has 92 valence electrons. The molecule has 0 bridgehead atoms. The van der Waals surface area contributed by atoms with E-state index in [1.807, 2.05) is 31.2 Å². The first kappa shape index (κ1) is 15.4. The van der Waals surface area contributed by atoms with Crippen LogP contribution in [0.15, 0.2) is 24.3 Å². The number of hydrogen-bond donors (Lipinski definition) is 2. The zero-order valence-electron chi connectivity index (χ0n) is 10.2. The number of benzene rings is 1. The lowest BCUT2D eigenvalue weighted by Crippen LogP contribution is -2.28. The highest BCUT2D eigenvalue weighted by molar-refractivity contribution is 5.85. The van der Waals surface area contributed by atoms with Crippen LogP contribution in [0.1, 0.15) is 37.4 Å². The lowest BCUT2D eigenvalue weighted by atomic mass is 9.93. The predicted octanol–water partition coefficient (Wildman–Crippen LogP) is 2.82. The molecule has 2 nitrogen and oxygen atoms in total. The van der Waals surface area contributed by atoms with E-state index in [1.54, 1.807) is 0 Å². The third kappa shape index (κ3) is 4.12. The Balaban J connectivity index is 0.00000225. The summed E-state index contributed by atoms with van der Waals surface area (Å²) in [4.78, 5) is 0. The molecule has 3 heteroatoms. The summed E-state index contributed by atoms with van der Waals surface area (Å²) < 4.78 is 0. The molecule has 1 rings (SSSR count). The third-order valence-corrected chi connectivity index (χ3v) is 2.68. The van der Waals surface area contributed by atoms with E-state index in [0.717, 1.165) is 17.5 Å². The quantitative estimate of drug-likeness (QED) is 0.854. The maximum absolute atomic E-state index is 9.94. The Morgan fingerprint density at radius 2 is 1.81 bits per heavy atom. The molecule has 0 aliphatic rings. The van der Waals surface area contributed by atoms with Gasteiger partial charge in [0.1, 0.15) is 0 Å². The van der Waals surface area contributed by atoms with Gasteiger partial charge in [-0.3, -0.25) is 0 Å². The number of hydrogen-bond acceptors (Lipinski definition) is 2. The summed E-state index contributed by atoms with van der Waals surface area (Å²) in [5.74, 6) is 0.468. The van der Waals surface area contributed by atoms with Crippen LogP contribution in [0.25, 0.3) is 0 Å². The largest absolute Gasteiger partial charge is 0.391 e. The molecule has 16 heavy (non-hydrogen) atoms. The van der Waals surface area contributed by atoms with E-state index < -0.39 is 6.10 Å². The van der Waals surface area contributed by atoms with Gasteiger partial charge >= 0.3 is 0 Å². The zero-order valence-corrected chi connectivity index (χ0v) is 11.0. The van der Waals surface area contributed by atoms with Crippen molar-refractivity contribution in [1.29, 1.82) is 0 Å². The molecule has 2 atom stereocenters. The van der Waals surface area contributed by atoms with Crippen molar-refractivity contribution in [3.63, 3.8) is 0 Å². The van der Waals surface area contributed by atoms with E-state index >= 15 is 0 Å². The molecule has 0 fully saturated rings. The summed E-state index contributed by atoms with van der Waals surface area (Å²) in [5, 5.41) is 9.94. The lowest BCUT2D eigenvalue weighted by Gasteiger charge is -2.22. The van der Waals surface area contributed by atoms with Crippen LogP contribution >= 0.6 is 12.4 Å². The fraction of sp³-hybridized carbons (Fsp3) is 0.538. The number of nitrogens with two attached hydrogens (primary N) is 1. The molecule has 3 N–H and O–H groups in total. The Kier molecular flexibility index (Phi) is 6.65. The monoisotopic (exact) mass is 243 g/mol. The van der Waals surface area contributed by atoms with E-state index in [0.29, 0.717) is 5.92 Å². The second-order valence-electron chi connectivity index (χ2n) is 4.58. The van der Waals surface area contributed by atoms with Gasteiger partial charge in [-0.25, -0.2) is 0 Å². The predicted molar refractivity (Wildman–Crippen MR) is 70.8 cm³/mol. The van der Waals surface area contributed by atoms with Gasteiger partial charge in [-0.15, -0.1) is 12.4 Å². The summed E-state index contributed by atoms with van der Waals surface area (Å²) in [6, 6.07) is 7.69. The van der Waals surface area contributed by atoms with Gasteiger partial charge in [0.15, 0.2) is 0 Å². The van der Waals surface area contributed by atoms with E-state index in [-0.39, 0.29) is 18.4 Å². The zero-order chi connectivity index (χ0) is 11.4. The molecule has 0 amide bonds. The molecule has 0 spiro atoms. The van der Waals surface area contributed by atoms with Crippen molar-refractivity contribution in [2.75, 3.05) is 0 Å². The summed E-state index contributed by atoms with van der Waals surface area (Å²) in [7, 11) is 0. The smallest absolute Gasteiger partial charge is 0.0735 e. The van der Waals surface area contributed by atoms with Gasteiger partial charge in [-0.1, -0.05) is 38.1 Å². The number of halogens is 1. The SMILES string of the molecule is Cc1ccccc1[C@H](N)[C@H](O)CC(C)C.Cl. The molecular weight excluding hydrogens is 222 g/mol. The first-order valence-corrected chi connectivity index (χ1v) is 5.51. The van der Waals surface area contributed by atoms with Gasteiger partial charge in [0.05, 0.1) is 12.1 Å². The van der Waals surface area contributed by atoms with Crippen LogP contribution in [-0.2, 0) is 0 Å². The molecule has 1 aromatic rings. The fourth-order valence-corrected chi connectivity index (χ4v) is 1.80. The molecule has 0 aromatic heterocycles. The van der Waals surface area contributed by atoms with Crippen molar-refractivity contribution in [2.24, 2.45) is 11.7 Å². The molecule has 1 aromatic carbocycles. The highest BCUT2D eigenvalue weighted by atomic mass is 35.5. The lowest BCUT2D eigenvalue weighted by molar-refractivity contribution is 0.121. The molecule has 0 unspecified atom stereocenters. The summed E-state index contributed by atoms with van der Waals surface area (Å²) in [6.45, 7) is 6.21. The van der Waals surface area contributed by atoms with E-state index in [2.05, 4.69) is 13.8 Å². The van der Waals surface area contributed by atoms with Crippen LogP contribution in [0.4, 0.5) is 0 Å². The Morgan fingerprint density at radius 3 is 2.31 bits per heavy atom. The first-order valence-electron chi connectivity index (χ1n) is 5.51. The van der Waals surface area contributed by atoms with E-state index in [1.165, 1.54) is 0 Å². The molecule has 0 saturated carbocycles. The average molecular weight is 244 g/mol. The summed E-state index contributed by atoms with van der Waals surface area (Å²) in [5.41, 5.74) is 8.23. The summed E-state index contributed by atoms with van der Waals surface area (Å²) >= 11 is 0. The second kappa shape index (κ2) is 6.89. The van der Waals surface area contributed by atoms with Crippen molar-refractivity contribution in [2.45, 2.75) is 39.3 Å². The van der Waals surface area contributed by atoms with Crippen LogP contribution in [0.3, 0.4) is 0 Å². The average Bonchev–Trinajstić information content (AvgIpc) is 2.16. The maximum Gasteiger partial charge on any atom is 0.0735 e. The minimum absolute atomic E-state index is 0. The van der Waals surface area contributed by atoms with Crippen molar-refractivity contribution in [3.8, 4) is 0 Å². The second-order valence-corrected chi connectivity index (χ2v) is 4.58. The van der Waals surface area contributed by atoms with Crippen molar-refractivity contribution in [3.05, 3.63) is 35.4 Å². The number of rotatable bonds is 4. The Hall–Kier alpha value is -0.570. The Morgan fingerprint density at radius 1 is 1.25 bits per heavy atom. The minimum atomic E-state index is -0.453. The topological polar surface area (TPSA) is 46.2 Å². The number of aliphatic hydroxyl groups is 1. The minimum Gasteiger partial charge on any atom is -0.391 e. The highest BCUT2D eigenvalue weighted by Crippen LogP contribution is 2.21. The molecular formula is C13H22ClNO.